The van der Waals surface area contributed by atoms with Crippen molar-refractivity contribution in [2.24, 2.45) is 0 Å². The fourth-order valence-electron chi connectivity index (χ4n) is 2.67. The van der Waals surface area contributed by atoms with Crippen molar-refractivity contribution in [3.8, 4) is 0 Å². The molecule has 3 nitrogen and oxygen atoms in total. The molecular weight excluding hydrogens is 272 g/mol. The normalized spacial score (nSPS) is 15.5. The van der Waals surface area contributed by atoms with Gasteiger partial charge in [0.15, 0.2) is 6.04 Å². The average molecular weight is 295 g/mol. The molecule has 22 heavy (non-hydrogen) atoms. The monoisotopic (exact) mass is 295 g/mol. The molecule has 0 heterocycles. The summed E-state index contributed by atoms with van der Waals surface area (Å²) in [5.41, 5.74) is 2.44. The lowest BCUT2D eigenvalue weighted by Gasteiger charge is -2.20. The second-order valence-electron chi connectivity index (χ2n) is 6.06. The van der Waals surface area contributed by atoms with Crippen LogP contribution >= 0.6 is 0 Å². The van der Waals surface area contributed by atoms with Gasteiger partial charge in [-0.2, -0.15) is 0 Å². The lowest BCUT2D eigenvalue weighted by molar-refractivity contribution is -0.704. The molecule has 1 atom stereocenters. The van der Waals surface area contributed by atoms with Crippen molar-refractivity contribution in [3.63, 3.8) is 0 Å². The van der Waals surface area contributed by atoms with Crippen LogP contribution in [0.4, 0.5) is 0 Å². The minimum absolute atomic E-state index is 0.106. The highest BCUT2D eigenvalue weighted by molar-refractivity contribution is 5.80. The van der Waals surface area contributed by atoms with Crippen LogP contribution in [0, 0.1) is 0 Å². The molecule has 1 fully saturated rings. The lowest BCUT2D eigenvalue weighted by atomic mass is 9.98. The molecule has 1 saturated carbocycles. The summed E-state index contributed by atoms with van der Waals surface area (Å²) in [5.74, 6) is 0.138. The molecule has 114 valence electrons. The Morgan fingerprint density at radius 3 is 1.95 bits per heavy atom. The second-order valence-corrected chi connectivity index (χ2v) is 6.06. The molecule has 1 amide bonds. The van der Waals surface area contributed by atoms with E-state index in [1.807, 2.05) is 43.3 Å². The minimum Gasteiger partial charge on any atom is -0.348 e. The van der Waals surface area contributed by atoms with Gasteiger partial charge in [-0.3, -0.25) is 4.79 Å². The summed E-state index contributed by atoms with van der Waals surface area (Å²) in [6, 6.07) is 21.2. The van der Waals surface area contributed by atoms with E-state index in [4.69, 9.17) is 0 Å². The van der Waals surface area contributed by atoms with E-state index in [0.717, 1.165) is 12.8 Å². The summed E-state index contributed by atoms with van der Waals surface area (Å²) in [4.78, 5) is 12.2. The van der Waals surface area contributed by atoms with Gasteiger partial charge in [-0.25, -0.2) is 0 Å². The maximum atomic E-state index is 12.2. The van der Waals surface area contributed by atoms with Gasteiger partial charge in [-0.1, -0.05) is 60.7 Å². The molecule has 2 aromatic carbocycles. The predicted molar refractivity (Wildman–Crippen MR) is 87.3 cm³/mol. The van der Waals surface area contributed by atoms with Crippen molar-refractivity contribution in [1.82, 2.24) is 5.32 Å². The molecule has 0 radical (unpaired) electrons. The number of carbonyl (C=O) groups is 1. The van der Waals surface area contributed by atoms with Gasteiger partial charge >= 0.3 is 0 Å². The van der Waals surface area contributed by atoms with Crippen molar-refractivity contribution in [2.75, 3.05) is 0 Å². The van der Waals surface area contributed by atoms with E-state index >= 15 is 0 Å². The minimum atomic E-state index is -0.106. The molecule has 3 N–H and O–H groups in total. The van der Waals surface area contributed by atoms with E-state index in [1.165, 1.54) is 11.1 Å². The molecule has 0 saturated heterocycles. The van der Waals surface area contributed by atoms with Crippen molar-refractivity contribution >= 4 is 5.91 Å². The van der Waals surface area contributed by atoms with Gasteiger partial charge < -0.3 is 10.6 Å². The smallest absolute Gasteiger partial charge is 0.278 e. The SMILES string of the molecule is C[C@@H]([NH2+]C(c1ccccc1)c1ccccc1)C(=O)NC1CC1. The second kappa shape index (κ2) is 6.75. The number of nitrogens with one attached hydrogen (secondary N) is 1. The molecule has 0 unspecified atom stereocenters. The molecule has 0 aromatic heterocycles. The average Bonchev–Trinajstić information content (AvgIpc) is 3.38. The highest BCUT2D eigenvalue weighted by atomic mass is 16.2. The Balaban J connectivity index is 1.78. The first-order chi connectivity index (χ1) is 10.7. The summed E-state index contributed by atoms with van der Waals surface area (Å²) < 4.78 is 0. The lowest BCUT2D eigenvalue weighted by Crippen LogP contribution is -2.92. The van der Waals surface area contributed by atoms with Crippen LogP contribution in [-0.4, -0.2) is 18.0 Å². The summed E-state index contributed by atoms with van der Waals surface area (Å²) in [7, 11) is 0. The van der Waals surface area contributed by atoms with Crippen molar-refractivity contribution in [2.45, 2.75) is 37.9 Å². The molecule has 0 spiro atoms. The number of hydrogen-bond acceptors (Lipinski definition) is 1. The first kappa shape index (κ1) is 14.8. The Bertz CT molecular complexity index is 568. The highest BCUT2D eigenvalue weighted by Crippen LogP contribution is 2.19. The Labute approximate surface area is 131 Å². The molecule has 3 rings (SSSR count). The van der Waals surface area contributed by atoms with Crippen LogP contribution in [0.15, 0.2) is 60.7 Å². The predicted octanol–water partition coefficient (Wildman–Crippen LogP) is 2.01. The number of hydrogen-bond donors (Lipinski definition) is 2. The standard InChI is InChI=1S/C19H22N2O/c1-14(19(22)21-17-12-13-17)20-18(15-8-4-2-5-9-15)16-10-6-3-7-11-16/h2-11,14,17-18,20H,12-13H2,1H3,(H,21,22)/p+1/t14-/m1/s1. The number of rotatable bonds is 6. The van der Waals surface area contributed by atoms with Gasteiger partial charge in [0.05, 0.1) is 0 Å². The number of amides is 1. The zero-order chi connectivity index (χ0) is 15.4. The van der Waals surface area contributed by atoms with E-state index in [-0.39, 0.29) is 18.0 Å². The first-order valence-electron chi connectivity index (χ1n) is 7.99. The van der Waals surface area contributed by atoms with Crippen LogP contribution in [0.1, 0.15) is 36.9 Å². The third-order valence-corrected chi connectivity index (χ3v) is 4.14. The van der Waals surface area contributed by atoms with Crippen LogP contribution in [0.25, 0.3) is 0 Å². The van der Waals surface area contributed by atoms with Crippen molar-refractivity contribution in [3.05, 3.63) is 71.8 Å². The van der Waals surface area contributed by atoms with Crippen molar-refractivity contribution < 1.29 is 10.1 Å². The van der Waals surface area contributed by atoms with E-state index in [1.54, 1.807) is 0 Å². The van der Waals surface area contributed by atoms with Crippen LogP contribution in [0.3, 0.4) is 0 Å². The van der Waals surface area contributed by atoms with Gasteiger partial charge in [0, 0.05) is 17.2 Å². The van der Waals surface area contributed by atoms with Crippen LogP contribution in [0.2, 0.25) is 0 Å². The maximum Gasteiger partial charge on any atom is 0.278 e. The number of quaternary nitrogens is 1. The van der Waals surface area contributed by atoms with E-state index in [9.17, 15) is 4.79 Å². The zero-order valence-electron chi connectivity index (χ0n) is 12.9. The Morgan fingerprint density at radius 2 is 1.50 bits per heavy atom. The zero-order valence-corrected chi connectivity index (χ0v) is 12.9. The van der Waals surface area contributed by atoms with Gasteiger partial charge in [-0.05, 0) is 19.8 Å². The van der Waals surface area contributed by atoms with Gasteiger partial charge in [0.2, 0.25) is 0 Å². The molecule has 0 bridgehead atoms. The Morgan fingerprint density at radius 1 is 1.00 bits per heavy atom. The van der Waals surface area contributed by atoms with Crippen LogP contribution < -0.4 is 10.6 Å². The summed E-state index contributed by atoms with van der Waals surface area (Å²) in [6.07, 6.45) is 2.25. The fourth-order valence-corrected chi connectivity index (χ4v) is 2.67. The molecule has 1 aliphatic carbocycles. The maximum absolute atomic E-state index is 12.2. The quantitative estimate of drug-likeness (QED) is 0.841. The van der Waals surface area contributed by atoms with E-state index < -0.39 is 0 Å². The molecule has 0 aliphatic heterocycles. The van der Waals surface area contributed by atoms with Gasteiger partial charge in [0.1, 0.15) is 6.04 Å². The highest BCUT2D eigenvalue weighted by Gasteiger charge is 2.29. The van der Waals surface area contributed by atoms with Gasteiger partial charge in [-0.15, -0.1) is 0 Å². The van der Waals surface area contributed by atoms with Crippen molar-refractivity contribution in [1.29, 1.82) is 0 Å². The third kappa shape index (κ3) is 3.74. The Kier molecular flexibility index (Phi) is 4.54. The molecule has 2 aromatic rings. The van der Waals surface area contributed by atoms with E-state index in [0.29, 0.717) is 6.04 Å². The summed E-state index contributed by atoms with van der Waals surface area (Å²) in [6.45, 7) is 1.98. The number of nitrogens with two attached hydrogens (primary N) is 1. The molecule has 1 aliphatic rings. The number of benzene rings is 2. The number of carbonyl (C=O) groups excluding carboxylic acids is 1. The van der Waals surface area contributed by atoms with Crippen LogP contribution in [-0.2, 0) is 4.79 Å². The fraction of sp³-hybridized carbons (Fsp3) is 0.316. The molecular formula is C19H23N2O+. The van der Waals surface area contributed by atoms with Gasteiger partial charge in [0.25, 0.3) is 5.91 Å². The topological polar surface area (TPSA) is 45.7 Å². The summed E-state index contributed by atoms with van der Waals surface area (Å²) >= 11 is 0. The summed E-state index contributed by atoms with van der Waals surface area (Å²) in [5, 5.41) is 5.25. The molecule has 3 heteroatoms. The van der Waals surface area contributed by atoms with Crippen LogP contribution in [0.5, 0.6) is 0 Å². The van der Waals surface area contributed by atoms with E-state index in [2.05, 4.69) is 34.9 Å². The largest absolute Gasteiger partial charge is 0.348 e. The Hall–Kier alpha value is -2.13. The third-order valence-electron chi connectivity index (χ3n) is 4.14. The first-order valence-corrected chi connectivity index (χ1v) is 7.99.